The molecule has 0 saturated carbocycles. The Labute approximate surface area is 119 Å². The first-order valence-corrected chi connectivity index (χ1v) is 6.98. The van der Waals surface area contributed by atoms with Crippen LogP contribution in [-0.2, 0) is 0 Å². The van der Waals surface area contributed by atoms with Crippen molar-refractivity contribution >= 4 is 5.91 Å². The van der Waals surface area contributed by atoms with Crippen LogP contribution in [0, 0.1) is 5.92 Å². The maximum atomic E-state index is 12.5. The number of phenols is 1. The molecule has 0 spiro atoms. The number of phenolic OH excluding ortho intramolecular Hbond substituents is 1. The number of piperidine rings is 1. The molecule has 1 aromatic carbocycles. The highest BCUT2D eigenvalue weighted by atomic mass is 16.5. The number of hydrogen-bond donors (Lipinski definition) is 2. The predicted molar refractivity (Wildman–Crippen MR) is 76.9 cm³/mol. The van der Waals surface area contributed by atoms with Crippen molar-refractivity contribution in [3.05, 3.63) is 23.8 Å². The zero-order valence-electron chi connectivity index (χ0n) is 12.0. The molecule has 1 aliphatic heterocycles. The molecule has 5 heteroatoms. The van der Waals surface area contributed by atoms with E-state index < -0.39 is 0 Å². The molecule has 0 aromatic heterocycles. The maximum Gasteiger partial charge on any atom is 0.257 e. The number of methoxy groups -OCH3 is 1. The summed E-state index contributed by atoms with van der Waals surface area (Å²) in [7, 11) is 1.54. The second-order valence-electron chi connectivity index (χ2n) is 5.26. The molecule has 20 heavy (non-hydrogen) atoms. The minimum Gasteiger partial charge on any atom is -0.507 e. The van der Waals surface area contributed by atoms with E-state index in [4.69, 9.17) is 10.5 Å². The number of benzene rings is 1. The van der Waals surface area contributed by atoms with Crippen LogP contribution in [0.2, 0.25) is 0 Å². The van der Waals surface area contributed by atoms with Gasteiger partial charge in [-0.25, -0.2) is 0 Å². The van der Waals surface area contributed by atoms with E-state index in [2.05, 4.69) is 6.92 Å². The number of carbonyl (C=O) groups excluding carboxylic acids is 1. The average Bonchev–Trinajstić information content (AvgIpc) is 2.47. The van der Waals surface area contributed by atoms with Gasteiger partial charge in [0.2, 0.25) is 0 Å². The number of nitrogens with zero attached hydrogens (tertiary/aromatic N) is 1. The van der Waals surface area contributed by atoms with Crippen LogP contribution in [0.25, 0.3) is 0 Å². The smallest absolute Gasteiger partial charge is 0.257 e. The third kappa shape index (κ3) is 2.88. The second-order valence-corrected chi connectivity index (χ2v) is 5.26. The van der Waals surface area contributed by atoms with Crippen LogP contribution in [0.1, 0.15) is 30.1 Å². The van der Waals surface area contributed by atoms with Gasteiger partial charge in [0.25, 0.3) is 5.91 Å². The first-order valence-electron chi connectivity index (χ1n) is 6.98. The Bertz CT molecular complexity index is 490. The lowest BCUT2D eigenvalue weighted by molar-refractivity contribution is 0.0646. The molecule has 0 radical (unpaired) electrons. The van der Waals surface area contributed by atoms with E-state index in [0.29, 0.717) is 24.8 Å². The summed E-state index contributed by atoms with van der Waals surface area (Å²) in [5.41, 5.74) is 6.35. The van der Waals surface area contributed by atoms with Gasteiger partial charge in [-0.2, -0.15) is 0 Å². The molecule has 1 heterocycles. The van der Waals surface area contributed by atoms with Crippen molar-refractivity contribution in [1.29, 1.82) is 0 Å². The Hall–Kier alpha value is -1.75. The highest BCUT2D eigenvalue weighted by Crippen LogP contribution is 2.26. The van der Waals surface area contributed by atoms with Gasteiger partial charge in [0, 0.05) is 19.1 Å². The quantitative estimate of drug-likeness (QED) is 0.880. The minimum atomic E-state index is -0.160. The lowest BCUT2D eigenvalue weighted by atomic mass is 9.90. The van der Waals surface area contributed by atoms with Crippen LogP contribution < -0.4 is 10.5 Å². The van der Waals surface area contributed by atoms with Crippen LogP contribution in [0.4, 0.5) is 0 Å². The third-order valence-electron chi connectivity index (χ3n) is 4.04. The van der Waals surface area contributed by atoms with Crippen molar-refractivity contribution < 1.29 is 14.6 Å². The summed E-state index contributed by atoms with van der Waals surface area (Å²) in [5.74, 6) is 0.706. The molecule has 1 saturated heterocycles. The van der Waals surface area contributed by atoms with Crippen molar-refractivity contribution in [1.82, 2.24) is 4.90 Å². The van der Waals surface area contributed by atoms with Gasteiger partial charge in [-0.05, 0) is 30.5 Å². The third-order valence-corrected chi connectivity index (χ3v) is 4.04. The molecule has 1 aromatic rings. The molecule has 2 unspecified atom stereocenters. The van der Waals surface area contributed by atoms with Crippen molar-refractivity contribution in [3.8, 4) is 11.5 Å². The van der Waals surface area contributed by atoms with E-state index in [1.54, 1.807) is 17.0 Å². The molecule has 2 rings (SSSR count). The fourth-order valence-corrected chi connectivity index (χ4v) is 2.65. The van der Waals surface area contributed by atoms with Crippen LogP contribution >= 0.6 is 0 Å². The SMILES string of the molecule is CCC1CN(C(=O)c2cc(OC)ccc2O)CCC1N. The zero-order valence-corrected chi connectivity index (χ0v) is 12.0. The van der Waals surface area contributed by atoms with Crippen molar-refractivity contribution in [2.24, 2.45) is 11.7 Å². The summed E-state index contributed by atoms with van der Waals surface area (Å²) in [5, 5.41) is 9.88. The molecule has 3 N–H and O–H groups in total. The first-order chi connectivity index (χ1) is 9.56. The number of carbonyl (C=O) groups is 1. The monoisotopic (exact) mass is 278 g/mol. The number of amides is 1. The van der Waals surface area contributed by atoms with Gasteiger partial charge in [-0.1, -0.05) is 13.3 Å². The molecule has 5 nitrogen and oxygen atoms in total. The average molecular weight is 278 g/mol. The first kappa shape index (κ1) is 14.7. The highest BCUT2D eigenvalue weighted by molar-refractivity contribution is 5.97. The fraction of sp³-hybridized carbons (Fsp3) is 0.533. The van der Waals surface area contributed by atoms with Crippen molar-refractivity contribution in [2.75, 3.05) is 20.2 Å². The summed E-state index contributed by atoms with van der Waals surface area (Å²) < 4.78 is 5.10. The molecule has 1 amide bonds. The Morgan fingerprint density at radius 2 is 2.30 bits per heavy atom. The van der Waals surface area contributed by atoms with Crippen LogP contribution in [0.5, 0.6) is 11.5 Å². The standard InChI is InChI=1S/C15H22N2O3/c1-3-10-9-17(7-6-13(10)16)15(19)12-8-11(20-2)4-5-14(12)18/h4-5,8,10,13,18H,3,6-7,9,16H2,1-2H3. The summed E-state index contributed by atoms with van der Waals surface area (Å²) >= 11 is 0. The molecular weight excluding hydrogens is 256 g/mol. The number of aromatic hydroxyl groups is 1. The van der Waals surface area contributed by atoms with Crippen LogP contribution in [0.15, 0.2) is 18.2 Å². The lowest BCUT2D eigenvalue weighted by Gasteiger charge is -2.36. The fourth-order valence-electron chi connectivity index (χ4n) is 2.65. The molecule has 1 aliphatic rings. The number of ether oxygens (including phenoxy) is 1. The number of nitrogens with two attached hydrogens (primary N) is 1. The topological polar surface area (TPSA) is 75.8 Å². The molecular formula is C15H22N2O3. The van der Waals surface area contributed by atoms with Crippen LogP contribution in [-0.4, -0.2) is 42.2 Å². The van der Waals surface area contributed by atoms with Crippen molar-refractivity contribution in [3.63, 3.8) is 0 Å². The Morgan fingerprint density at radius 3 is 2.95 bits per heavy atom. The molecule has 1 fully saturated rings. The Kier molecular flexibility index (Phi) is 4.49. The largest absolute Gasteiger partial charge is 0.507 e. The Morgan fingerprint density at radius 1 is 1.55 bits per heavy atom. The minimum absolute atomic E-state index is 0.0151. The van der Waals surface area contributed by atoms with E-state index in [1.807, 2.05) is 0 Å². The van der Waals surface area contributed by atoms with E-state index in [-0.39, 0.29) is 23.3 Å². The summed E-state index contributed by atoms with van der Waals surface area (Å²) in [6.45, 7) is 3.36. The van der Waals surface area contributed by atoms with Gasteiger partial charge in [0.15, 0.2) is 0 Å². The van der Waals surface area contributed by atoms with Gasteiger partial charge in [0.1, 0.15) is 11.5 Å². The number of rotatable bonds is 3. The summed E-state index contributed by atoms with van der Waals surface area (Å²) in [4.78, 5) is 14.3. The highest BCUT2D eigenvalue weighted by Gasteiger charge is 2.29. The van der Waals surface area contributed by atoms with E-state index in [1.165, 1.54) is 13.2 Å². The molecule has 0 aliphatic carbocycles. The van der Waals surface area contributed by atoms with Gasteiger partial charge in [0.05, 0.1) is 12.7 Å². The van der Waals surface area contributed by atoms with Crippen molar-refractivity contribution in [2.45, 2.75) is 25.8 Å². The van der Waals surface area contributed by atoms with Gasteiger partial charge in [-0.3, -0.25) is 4.79 Å². The second kappa shape index (κ2) is 6.13. The van der Waals surface area contributed by atoms with E-state index >= 15 is 0 Å². The number of hydrogen-bond acceptors (Lipinski definition) is 4. The van der Waals surface area contributed by atoms with Gasteiger partial charge in [-0.15, -0.1) is 0 Å². The lowest BCUT2D eigenvalue weighted by Crippen LogP contribution is -2.49. The number of likely N-dealkylation sites (tertiary alicyclic amines) is 1. The maximum absolute atomic E-state index is 12.5. The van der Waals surface area contributed by atoms with E-state index in [0.717, 1.165) is 12.8 Å². The van der Waals surface area contributed by atoms with Crippen LogP contribution in [0.3, 0.4) is 0 Å². The van der Waals surface area contributed by atoms with Gasteiger partial charge < -0.3 is 20.5 Å². The Balaban J connectivity index is 2.19. The predicted octanol–water partition coefficient (Wildman–Crippen LogP) is 1.60. The summed E-state index contributed by atoms with van der Waals surface area (Å²) in [6, 6.07) is 4.85. The van der Waals surface area contributed by atoms with Gasteiger partial charge >= 0.3 is 0 Å². The molecule has 2 atom stereocenters. The molecule has 110 valence electrons. The summed E-state index contributed by atoms with van der Waals surface area (Å²) in [6.07, 6.45) is 1.75. The zero-order chi connectivity index (χ0) is 14.7. The normalized spacial score (nSPS) is 22.6. The van der Waals surface area contributed by atoms with E-state index in [9.17, 15) is 9.90 Å². The molecule has 0 bridgehead atoms.